The van der Waals surface area contributed by atoms with Crippen molar-refractivity contribution in [3.8, 4) is 5.75 Å². The van der Waals surface area contributed by atoms with Crippen molar-refractivity contribution in [3.05, 3.63) is 64.1 Å². The zero-order valence-corrected chi connectivity index (χ0v) is 12.4. The van der Waals surface area contributed by atoms with Crippen molar-refractivity contribution >= 4 is 5.91 Å². The summed E-state index contributed by atoms with van der Waals surface area (Å²) in [6.07, 6.45) is 1.69. The fourth-order valence-electron chi connectivity index (χ4n) is 1.94. The topological polar surface area (TPSA) is 86.3 Å². The molecule has 2 aromatic rings. The molecule has 0 saturated carbocycles. The number of nitrogens with one attached hydrogen (secondary N) is 1. The van der Waals surface area contributed by atoms with E-state index in [2.05, 4.69) is 5.32 Å². The molecule has 0 bridgehead atoms. The van der Waals surface area contributed by atoms with E-state index >= 15 is 0 Å². The molecule has 0 atom stereocenters. The molecule has 0 aliphatic rings. The third-order valence-corrected chi connectivity index (χ3v) is 3.23. The van der Waals surface area contributed by atoms with Gasteiger partial charge in [0, 0.05) is 19.8 Å². The molecular formula is C16H19N3O3. The van der Waals surface area contributed by atoms with Crippen LogP contribution in [0.3, 0.4) is 0 Å². The van der Waals surface area contributed by atoms with E-state index in [0.29, 0.717) is 13.1 Å². The normalized spacial score (nSPS) is 10.3. The fraction of sp³-hybridized carbons (Fsp3) is 0.250. The molecule has 0 fully saturated rings. The van der Waals surface area contributed by atoms with E-state index in [9.17, 15) is 9.59 Å². The first-order chi connectivity index (χ1) is 10.6. The molecule has 116 valence electrons. The number of carbonyl (C=O) groups excluding carboxylic acids is 1. The molecule has 1 amide bonds. The van der Waals surface area contributed by atoms with Gasteiger partial charge in [-0.3, -0.25) is 9.59 Å². The van der Waals surface area contributed by atoms with Crippen molar-refractivity contribution in [1.29, 1.82) is 0 Å². The third kappa shape index (κ3) is 3.95. The van der Waals surface area contributed by atoms with Crippen LogP contribution in [0.1, 0.15) is 11.1 Å². The van der Waals surface area contributed by atoms with Crippen LogP contribution in [-0.2, 0) is 17.9 Å². The number of ether oxygens (including phenoxy) is 1. The third-order valence-electron chi connectivity index (χ3n) is 3.23. The summed E-state index contributed by atoms with van der Waals surface area (Å²) < 4.78 is 6.78. The molecule has 0 aliphatic carbocycles. The lowest BCUT2D eigenvalue weighted by molar-refractivity contribution is -0.122. The summed E-state index contributed by atoms with van der Waals surface area (Å²) in [5.41, 5.74) is 7.32. The van der Waals surface area contributed by atoms with Gasteiger partial charge in [-0.1, -0.05) is 24.3 Å². The predicted molar refractivity (Wildman–Crippen MR) is 83.7 cm³/mol. The number of pyridine rings is 1. The van der Waals surface area contributed by atoms with E-state index in [1.54, 1.807) is 18.3 Å². The van der Waals surface area contributed by atoms with E-state index in [1.807, 2.05) is 24.3 Å². The molecular weight excluding hydrogens is 282 g/mol. The second-order valence-corrected chi connectivity index (χ2v) is 4.79. The number of rotatable bonds is 6. The Labute approximate surface area is 128 Å². The highest BCUT2D eigenvalue weighted by Crippen LogP contribution is 2.07. The predicted octanol–water partition coefficient (Wildman–Crippen LogP) is 0.480. The minimum absolute atomic E-state index is 0.157. The van der Waals surface area contributed by atoms with Crippen molar-refractivity contribution in [3.63, 3.8) is 0 Å². The van der Waals surface area contributed by atoms with Gasteiger partial charge in [-0.25, -0.2) is 0 Å². The molecule has 0 saturated heterocycles. The summed E-state index contributed by atoms with van der Waals surface area (Å²) in [7, 11) is 1.51. The molecule has 6 heteroatoms. The van der Waals surface area contributed by atoms with Crippen LogP contribution in [0.25, 0.3) is 0 Å². The first kappa shape index (κ1) is 15.8. The molecule has 1 aromatic heterocycles. The summed E-state index contributed by atoms with van der Waals surface area (Å²) in [6, 6.07) is 11.0. The Morgan fingerprint density at radius 1 is 1.23 bits per heavy atom. The van der Waals surface area contributed by atoms with Gasteiger partial charge in [-0.2, -0.15) is 0 Å². The maximum Gasteiger partial charge on any atom is 0.293 e. The number of aromatic nitrogens is 1. The molecule has 6 nitrogen and oxygen atoms in total. The number of likely N-dealkylation sites (N-methyl/N-ethyl adjacent to an activating group) is 1. The van der Waals surface area contributed by atoms with Gasteiger partial charge >= 0.3 is 0 Å². The second-order valence-electron chi connectivity index (χ2n) is 4.79. The molecule has 1 aromatic carbocycles. The number of hydrogen-bond donors (Lipinski definition) is 2. The summed E-state index contributed by atoms with van der Waals surface area (Å²) in [5, 5.41) is 2.44. The van der Waals surface area contributed by atoms with Crippen molar-refractivity contribution < 1.29 is 9.53 Å². The molecule has 0 aliphatic heterocycles. The van der Waals surface area contributed by atoms with Crippen LogP contribution in [-0.4, -0.2) is 24.1 Å². The highest BCUT2D eigenvalue weighted by molar-refractivity contribution is 5.77. The summed E-state index contributed by atoms with van der Waals surface area (Å²) in [5.74, 6) is -0.128. The van der Waals surface area contributed by atoms with Gasteiger partial charge in [0.15, 0.2) is 12.4 Å². The summed E-state index contributed by atoms with van der Waals surface area (Å²) in [4.78, 5) is 23.5. The van der Waals surface area contributed by atoms with E-state index in [1.165, 1.54) is 11.6 Å². The van der Waals surface area contributed by atoms with Gasteiger partial charge < -0.3 is 20.4 Å². The van der Waals surface area contributed by atoms with Crippen molar-refractivity contribution in [2.45, 2.75) is 13.1 Å². The van der Waals surface area contributed by atoms with Crippen molar-refractivity contribution in [2.75, 3.05) is 13.7 Å². The molecule has 0 spiro atoms. The molecule has 22 heavy (non-hydrogen) atoms. The number of amides is 1. The summed E-state index contributed by atoms with van der Waals surface area (Å²) in [6.45, 7) is 0.741. The van der Waals surface area contributed by atoms with Gasteiger partial charge in [0.2, 0.25) is 0 Å². The zero-order chi connectivity index (χ0) is 15.9. The van der Waals surface area contributed by atoms with Gasteiger partial charge in [-0.15, -0.1) is 0 Å². The van der Waals surface area contributed by atoms with E-state index in [4.69, 9.17) is 10.5 Å². The highest BCUT2D eigenvalue weighted by atomic mass is 16.5. The van der Waals surface area contributed by atoms with Crippen LogP contribution < -0.4 is 21.3 Å². The average Bonchev–Trinajstić information content (AvgIpc) is 2.56. The van der Waals surface area contributed by atoms with Crippen LogP contribution in [0.4, 0.5) is 0 Å². The number of benzene rings is 1. The van der Waals surface area contributed by atoms with E-state index in [-0.39, 0.29) is 23.8 Å². The monoisotopic (exact) mass is 301 g/mol. The Kier molecular flexibility index (Phi) is 5.32. The first-order valence-corrected chi connectivity index (χ1v) is 6.94. The van der Waals surface area contributed by atoms with Gasteiger partial charge in [-0.05, 0) is 23.3 Å². The molecule has 1 heterocycles. The largest absolute Gasteiger partial charge is 0.478 e. The van der Waals surface area contributed by atoms with Crippen LogP contribution in [0.5, 0.6) is 5.75 Å². The number of nitrogens with zero attached hydrogens (tertiary/aromatic N) is 1. The highest BCUT2D eigenvalue weighted by Gasteiger charge is 2.07. The van der Waals surface area contributed by atoms with Crippen LogP contribution >= 0.6 is 0 Å². The maximum atomic E-state index is 12.3. The minimum Gasteiger partial charge on any atom is -0.478 e. The quantitative estimate of drug-likeness (QED) is 0.812. The van der Waals surface area contributed by atoms with Gasteiger partial charge in [0.25, 0.3) is 11.5 Å². The smallest absolute Gasteiger partial charge is 0.293 e. The number of hydrogen-bond acceptors (Lipinski definition) is 4. The van der Waals surface area contributed by atoms with E-state index in [0.717, 1.165) is 11.1 Å². The molecule has 2 rings (SSSR count). The van der Waals surface area contributed by atoms with Crippen LogP contribution in [0.15, 0.2) is 47.4 Å². The van der Waals surface area contributed by atoms with Crippen LogP contribution in [0.2, 0.25) is 0 Å². The Morgan fingerprint density at radius 2 is 1.91 bits per heavy atom. The van der Waals surface area contributed by atoms with Gasteiger partial charge in [0.05, 0.1) is 6.54 Å². The maximum absolute atomic E-state index is 12.3. The SMILES string of the molecule is CNC(=O)COc1cccn(Cc2ccc(CN)cc2)c1=O. The zero-order valence-electron chi connectivity index (χ0n) is 12.4. The standard InChI is InChI=1S/C16H19N3O3/c1-18-15(20)11-22-14-3-2-8-19(16(14)21)10-13-6-4-12(9-17)5-7-13/h2-8H,9-11,17H2,1H3,(H,18,20). The van der Waals surface area contributed by atoms with Crippen molar-refractivity contribution in [2.24, 2.45) is 5.73 Å². The van der Waals surface area contributed by atoms with Crippen molar-refractivity contribution in [1.82, 2.24) is 9.88 Å². The Balaban J connectivity index is 2.14. The lowest BCUT2D eigenvalue weighted by Crippen LogP contribution is -2.28. The number of nitrogens with two attached hydrogens (primary N) is 1. The van der Waals surface area contributed by atoms with E-state index < -0.39 is 0 Å². The molecule has 0 unspecified atom stereocenters. The first-order valence-electron chi connectivity index (χ1n) is 6.94. The Hall–Kier alpha value is -2.60. The lowest BCUT2D eigenvalue weighted by atomic mass is 10.1. The molecule has 3 N–H and O–H groups in total. The fourth-order valence-corrected chi connectivity index (χ4v) is 1.94. The Morgan fingerprint density at radius 3 is 2.55 bits per heavy atom. The minimum atomic E-state index is -0.285. The lowest BCUT2D eigenvalue weighted by Gasteiger charge is -2.09. The van der Waals surface area contributed by atoms with Crippen LogP contribution in [0, 0.1) is 0 Å². The average molecular weight is 301 g/mol. The Bertz CT molecular complexity index is 693. The number of carbonyl (C=O) groups is 1. The van der Waals surface area contributed by atoms with Gasteiger partial charge in [0.1, 0.15) is 0 Å². The second kappa shape index (κ2) is 7.42. The molecule has 0 radical (unpaired) electrons. The summed E-state index contributed by atoms with van der Waals surface area (Å²) >= 11 is 0.